The maximum absolute atomic E-state index is 4.41. The Morgan fingerprint density at radius 3 is 2.25 bits per heavy atom. The van der Waals surface area contributed by atoms with E-state index in [-0.39, 0.29) is 5.41 Å². The lowest BCUT2D eigenvalue weighted by atomic mass is 9.70. The van der Waals surface area contributed by atoms with Crippen molar-refractivity contribution in [1.82, 2.24) is 5.32 Å². The number of hydrogen-bond donors (Lipinski definition) is 2. The molecule has 0 aliphatic carbocycles. The van der Waals surface area contributed by atoms with Crippen LogP contribution in [0.3, 0.4) is 0 Å². The minimum atomic E-state index is 0.0131. The van der Waals surface area contributed by atoms with E-state index in [0.717, 1.165) is 11.4 Å². The van der Waals surface area contributed by atoms with Crippen molar-refractivity contribution in [3.63, 3.8) is 0 Å². The second-order valence-electron chi connectivity index (χ2n) is 5.76. The van der Waals surface area contributed by atoms with Gasteiger partial charge < -0.3 is 5.32 Å². The van der Waals surface area contributed by atoms with Crippen LogP contribution in [0.1, 0.15) is 30.9 Å². The summed E-state index contributed by atoms with van der Waals surface area (Å²) in [4.78, 5) is 1.02. The van der Waals surface area contributed by atoms with Gasteiger partial charge in [-0.3, -0.25) is 0 Å². The lowest BCUT2D eigenvalue weighted by molar-refractivity contribution is 0.406. The van der Waals surface area contributed by atoms with Gasteiger partial charge in [-0.05, 0) is 49.6 Å². The van der Waals surface area contributed by atoms with Crippen molar-refractivity contribution in [3.05, 3.63) is 65.7 Å². The first-order chi connectivity index (χ1) is 9.71. The zero-order valence-electron chi connectivity index (χ0n) is 11.8. The van der Waals surface area contributed by atoms with E-state index >= 15 is 0 Å². The zero-order valence-corrected chi connectivity index (χ0v) is 12.7. The zero-order chi connectivity index (χ0) is 14.0. The van der Waals surface area contributed by atoms with Gasteiger partial charge in [-0.15, -0.1) is 12.6 Å². The van der Waals surface area contributed by atoms with E-state index in [1.54, 1.807) is 0 Å². The molecule has 1 aliphatic heterocycles. The van der Waals surface area contributed by atoms with Gasteiger partial charge in [0.1, 0.15) is 0 Å². The Morgan fingerprint density at radius 1 is 1.00 bits per heavy atom. The molecule has 1 N–H and O–H groups in total. The highest BCUT2D eigenvalue weighted by Crippen LogP contribution is 2.38. The van der Waals surface area contributed by atoms with Crippen LogP contribution in [0.5, 0.6) is 0 Å². The fraction of sp³-hybridized carbons (Fsp3) is 0.333. The van der Waals surface area contributed by atoms with E-state index < -0.39 is 0 Å². The van der Waals surface area contributed by atoms with Crippen LogP contribution in [-0.2, 0) is 5.41 Å². The Balaban J connectivity index is 2.10. The second-order valence-corrected chi connectivity index (χ2v) is 6.28. The maximum Gasteiger partial charge on any atom is 0.0327 e. The number of thiol groups is 1. The van der Waals surface area contributed by atoms with Gasteiger partial charge in [-0.2, -0.15) is 0 Å². The van der Waals surface area contributed by atoms with Gasteiger partial charge in [0.2, 0.25) is 0 Å². The highest BCUT2D eigenvalue weighted by Gasteiger charge is 2.38. The van der Waals surface area contributed by atoms with E-state index in [0.29, 0.717) is 6.04 Å². The molecule has 1 saturated heterocycles. The predicted molar refractivity (Wildman–Crippen MR) is 87.6 cm³/mol. The molecule has 20 heavy (non-hydrogen) atoms. The van der Waals surface area contributed by atoms with Crippen molar-refractivity contribution in [2.75, 3.05) is 6.54 Å². The van der Waals surface area contributed by atoms with Crippen molar-refractivity contribution in [1.29, 1.82) is 0 Å². The standard InChI is InChI=1S/C18H21NS/c1-18(17-8-5-13-19-17,14-6-3-2-4-7-14)15-9-11-16(20)12-10-15/h2-4,6-7,9-12,17,19-20H,5,8,13H2,1H3/t17?,18-/m0/s1. The summed E-state index contributed by atoms with van der Waals surface area (Å²) in [5, 5.41) is 3.69. The van der Waals surface area contributed by atoms with E-state index in [4.69, 9.17) is 0 Å². The summed E-state index contributed by atoms with van der Waals surface area (Å²) in [5.74, 6) is 0. The maximum atomic E-state index is 4.41. The monoisotopic (exact) mass is 283 g/mol. The molecule has 0 amide bonds. The Morgan fingerprint density at radius 2 is 1.65 bits per heavy atom. The summed E-state index contributed by atoms with van der Waals surface area (Å²) in [6, 6.07) is 20.0. The summed E-state index contributed by atoms with van der Waals surface area (Å²) >= 11 is 4.41. The molecule has 0 radical (unpaired) electrons. The molecule has 0 spiro atoms. The van der Waals surface area contributed by atoms with Crippen LogP contribution < -0.4 is 5.32 Å². The first-order valence-electron chi connectivity index (χ1n) is 7.29. The lowest BCUT2D eigenvalue weighted by Crippen LogP contribution is -2.43. The van der Waals surface area contributed by atoms with Gasteiger partial charge in [0.25, 0.3) is 0 Å². The minimum absolute atomic E-state index is 0.0131. The molecule has 1 fully saturated rings. The van der Waals surface area contributed by atoms with Gasteiger partial charge in [0, 0.05) is 16.4 Å². The third-order valence-corrected chi connectivity index (χ3v) is 4.90. The first kappa shape index (κ1) is 13.7. The molecule has 0 aromatic heterocycles. The van der Waals surface area contributed by atoms with Crippen LogP contribution in [0.25, 0.3) is 0 Å². The molecule has 1 heterocycles. The third kappa shape index (κ3) is 2.38. The third-order valence-electron chi connectivity index (χ3n) is 4.60. The largest absolute Gasteiger partial charge is 0.313 e. The quantitative estimate of drug-likeness (QED) is 0.810. The van der Waals surface area contributed by atoms with Gasteiger partial charge in [-0.1, -0.05) is 42.5 Å². The van der Waals surface area contributed by atoms with E-state index in [1.807, 2.05) is 0 Å². The van der Waals surface area contributed by atoms with Crippen molar-refractivity contribution in [3.8, 4) is 0 Å². The highest BCUT2D eigenvalue weighted by molar-refractivity contribution is 7.80. The predicted octanol–water partition coefficient (Wildman–Crippen LogP) is 4.03. The Bertz CT molecular complexity index is 558. The molecule has 3 rings (SSSR count). The average Bonchev–Trinajstić information content (AvgIpc) is 3.03. The lowest BCUT2D eigenvalue weighted by Gasteiger charge is -2.37. The van der Waals surface area contributed by atoms with E-state index in [9.17, 15) is 0 Å². The summed E-state index contributed by atoms with van der Waals surface area (Å²) < 4.78 is 0. The molecule has 2 atom stereocenters. The molecular formula is C18H21NS. The molecule has 0 saturated carbocycles. The van der Waals surface area contributed by atoms with Gasteiger partial charge in [-0.25, -0.2) is 0 Å². The van der Waals surface area contributed by atoms with E-state index in [2.05, 4.69) is 79.5 Å². The van der Waals surface area contributed by atoms with Crippen molar-refractivity contribution in [2.45, 2.75) is 36.1 Å². The average molecular weight is 283 g/mol. The van der Waals surface area contributed by atoms with Crippen molar-refractivity contribution >= 4 is 12.6 Å². The molecule has 2 aromatic rings. The molecule has 1 nitrogen and oxygen atoms in total. The summed E-state index contributed by atoms with van der Waals surface area (Å²) in [6.45, 7) is 3.48. The Kier molecular flexibility index (Phi) is 3.86. The second kappa shape index (κ2) is 5.63. The fourth-order valence-corrected chi connectivity index (χ4v) is 3.49. The van der Waals surface area contributed by atoms with Crippen LogP contribution in [-0.4, -0.2) is 12.6 Å². The Labute approximate surface area is 126 Å². The smallest absolute Gasteiger partial charge is 0.0327 e. The highest BCUT2D eigenvalue weighted by atomic mass is 32.1. The number of rotatable bonds is 3. The van der Waals surface area contributed by atoms with Crippen LogP contribution in [0, 0.1) is 0 Å². The van der Waals surface area contributed by atoms with Crippen LogP contribution in [0.15, 0.2) is 59.5 Å². The number of hydrogen-bond acceptors (Lipinski definition) is 2. The van der Waals surface area contributed by atoms with Gasteiger partial charge in [0.05, 0.1) is 0 Å². The fourth-order valence-electron chi connectivity index (χ4n) is 3.34. The van der Waals surface area contributed by atoms with Crippen LogP contribution in [0.2, 0.25) is 0 Å². The molecule has 2 heteroatoms. The van der Waals surface area contributed by atoms with Crippen LogP contribution >= 0.6 is 12.6 Å². The SMILES string of the molecule is C[C@](c1ccccc1)(c1ccc(S)cc1)C1CCCN1. The van der Waals surface area contributed by atoms with Crippen LogP contribution in [0.4, 0.5) is 0 Å². The van der Waals surface area contributed by atoms with Gasteiger partial charge in [0.15, 0.2) is 0 Å². The summed E-state index contributed by atoms with van der Waals surface area (Å²) in [5.41, 5.74) is 2.76. The normalized spacial score (nSPS) is 21.6. The molecule has 104 valence electrons. The number of benzene rings is 2. The molecule has 0 bridgehead atoms. The van der Waals surface area contributed by atoms with Gasteiger partial charge >= 0.3 is 0 Å². The minimum Gasteiger partial charge on any atom is -0.313 e. The molecular weight excluding hydrogens is 262 g/mol. The summed E-state index contributed by atoms with van der Waals surface area (Å²) in [6.07, 6.45) is 2.49. The number of nitrogens with one attached hydrogen (secondary N) is 1. The topological polar surface area (TPSA) is 12.0 Å². The molecule has 2 aromatic carbocycles. The molecule has 1 aliphatic rings. The van der Waals surface area contributed by atoms with Crippen molar-refractivity contribution in [2.24, 2.45) is 0 Å². The van der Waals surface area contributed by atoms with E-state index in [1.165, 1.54) is 24.0 Å². The molecule has 1 unspecified atom stereocenters. The first-order valence-corrected chi connectivity index (χ1v) is 7.74. The Hall–Kier alpha value is -1.25. The van der Waals surface area contributed by atoms with Crippen molar-refractivity contribution < 1.29 is 0 Å². The summed E-state index contributed by atoms with van der Waals surface area (Å²) in [7, 11) is 0.